The summed E-state index contributed by atoms with van der Waals surface area (Å²) in [4.78, 5) is 41.9. The van der Waals surface area contributed by atoms with Gasteiger partial charge in [0.1, 0.15) is 0 Å². The second-order valence-electron chi connectivity index (χ2n) is 7.25. The van der Waals surface area contributed by atoms with Crippen molar-refractivity contribution in [1.82, 2.24) is 9.80 Å². The summed E-state index contributed by atoms with van der Waals surface area (Å²) in [5.41, 5.74) is -1.28. The molecule has 0 bridgehead atoms. The summed E-state index contributed by atoms with van der Waals surface area (Å²) in [6, 6.07) is 5.33. The second kappa shape index (κ2) is 8.01. The summed E-state index contributed by atoms with van der Waals surface area (Å²) in [6.07, 6.45) is -3.45. The fourth-order valence-electron chi connectivity index (χ4n) is 3.83. The molecule has 3 amide bonds. The number of hydrogen-bond acceptors (Lipinski definition) is 5. The van der Waals surface area contributed by atoms with E-state index in [0.717, 1.165) is 11.0 Å². The Labute approximate surface area is 179 Å². The Morgan fingerprint density at radius 1 is 1.10 bits per heavy atom. The number of piperazine rings is 1. The van der Waals surface area contributed by atoms with Crippen molar-refractivity contribution in [2.75, 3.05) is 31.1 Å². The maximum Gasteiger partial charge on any atom is 0.417 e. The molecule has 11 heteroatoms. The Balaban J connectivity index is 1.47. The molecule has 2 aliphatic heterocycles. The molecule has 0 aliphatic carbocycles. The van der Waals surface area contributed by atoms with Crippen LogP contribution in [0, 0.1) is 0 Å². The topological polar surface area (TPSA) is 74.1 Å². The van der Waals surface area contributed by atoms with Crippen molar-refractivity contribution in [3.8, 4) is 0 Å². The fraction of sp³-hybridized carbons (Fsp3) is 0.350. The molecule has 3 heterocycles. The number of nitrogens with zero attached hydrogens (tertiary/aromatic N) is 3. The number of carbonyl (C=O) groups excluding carboxylic acids is 3. The highest BCUT2D eigenvalue weighted by Crippen LogP contribution is 2.38. The molecule has 1 aromatic heterocycles. The van der Waals surface area contributed by atoms with E-state index in [9.17, 15) is 27.6 Å². The molecule has 7 nitrogen and oxygen atoms in total. The summed E-state index contributed by atoms with van der Waals surface area (Å²) in [6.45, 7) is 1.35. The van der Waals surface area contributed by atoms with Gasteiger partial charge in [0.05, 0.1) is 35.0 Å². The van der Waals surface area contributed by atoms with E-state index in [0.29, 0.717) is 32.2 Å². The largest absolute Gasteiger partial charge is 0.459 e. The quantitative estimate of drug-likeness (QED) is 0.665. The number of benzene rings is 1. The van der Waals surface area contributed by atoms with E-state index in [-0.39, 0.29) is 23.8 Å². The van der Waals surface area contributed by atoms with Crippen LogP contribution in [0.5, 0.6) is 0 Å². The smallest absolute Gasteiger partial charge is 0.417 e. The van der Waals surface area contributed by atoms with Gasteiger partial charge in [-0.05, 0) is 30.3 Å². The van der Waals surface area contributed by atoms with Crippen molar-refractivity contribution in [1.29, 1.82) is 0 Å². The van der Waals surface area contributed by atoms with Crippen LogP contribution in [0.25, 0.3) is 0 Å². The number of imide groups is 1. The molecule has 164 valence electrons. The van der Waals surface area contributed by atoms with Gasteiger partial charge >= 0.3 is 6.18 Å². The average Bonchev–Trinajstić information content (AvgIpc) is 3.36. The molecule has 0 unspecified atom stereocenters. The summed E-state index contributed by atoms with van der Waals surface area (Å²) >= 11 is 5.63. The molecule has 1 aromatic carbocycles. The fourth-order valence-corrected chi connectivity index (χ4v) is 4.06. The number of amides is 3. The minimum Gasteiger partial charge on any atom is -0.459 e. The van der Waals surface area contributed by atoms with Crippen molar-refractivity contribution in [2.24, 2.45) is 0 Å². The summed E-state index contributed by atoms with van der Waals surface area (Å²) in [7, 11) is 0. The molecule has 0 N–H and O–H groups in total. The lowest BCUT2D eigenvalue weighted by atomic mass is 10.1. The SMILES string of the molecule is O=C(c1ccco1)N1CCN([C@H]2CC(=O)N(c3ccc(Cl)c(C(F)(F)F)c3)C2=O)CC1. The number of hydrogen-bond donors (Lipinski definition) is 0. The highest BCUT2D eigenvalue weighted by atomic mass is 35.5. The Hall–Kier alpha value is -2.85. The Bertz CT molecular complexity index is 1020. The summed E-state index contributed by atoms with van der Waals surface area (Å²) in [5, 5.41) is -0.510. The first-order valence-corrected chi connectivity index (χ1v) is 9.85. The van der Waals surface area contributed by atoms with Gasteiger partial charge in [0.15, 0.2) is 5.76 Å². The predicted octanol–water partition coefficient (Wildman–Crippen LogP) is 3.04. The zero-order valence-electron chi connectivity index (χ0n) is 16.1. The predicted molar refractivity (Wildman–Crippen MR) is 104 cm³/mol. The van der Waals surface area contributed by atoms with Crippen LogP contribution in [0.4, 0.5) is 18.9 Å². The van der Waals surface area contributed by atoms with Gasteiger partial charge in [0, 0.05) is 26.2 Å². The molecule has 2 saturated heterocycles. The van der Waals surface area contributed by atoms with E-state index in [1.807, 2.05) is 0 Å². The first-order chi connectivity index (χ1) is 14.7. The highest BCUT2D eigenvalue weighted by Gasteiger charge is 2.44. The third-order valence-corrected chi connectivity index (χ3v) is 5.74. The molecular weight excluding hydrogens is 439 g/mol. The third kappa shape index (κ3) is 4.05. The van der Waals surface area contributed by atoms with Gasteiger partial charge in [-0.1, -0.05) is 11.6 Å². The molecular formula is C20H17ClF3N3O4. The van der Waals surface area contributed by atoms with Crippen molar-refractivity contribution in [3.05, 3.63) is 52.9 Å². The molecule has 0 radical (unpaired) electrons. The highest BCUT2D eigenvalue weighted by molar-refractivity contribution is 6.31. The van der Waals surface area contributed by atoms with E-state index in [1.54, 1.807) is 21.9 Å². The van der Waals surface area contributed by atoms with Crippen LogP contribution < -0.4 is 4.90 Å². The van der Waals surface area contributed by atoms with Crippen LogP contribution in [0.1, 0.15) is 22.5 Å². The van der Waals surface area contributed by atoms with E-state index in [4.69, 9.17) is 16.0 Å². The van der Waals surface area contributed by atoms with Crippen molar-refractivity contribution in [2.45, 2.75) is 18.6 Å². The van der Waals surface area contributed by atoms with Gasteiger partial charge in [-0.15, -0.1) is 0 Å². The van der Waals surface area contributed by atoms with Crippen molar-refractivity contribution >= 4 is 35.0 Å². The lowest BCUT2D eigenvalue weighted by Crippen LogP contribution is -2.53. The summed E-state index contributed by atoms with van der Waals surface area (Å²) in [5.74, 6) is -1.22. The molecule has 1 atom stereocenters. The number of carbonyl (C=O) groups is 3. The van der Waals surface area contributed by atoms with Crippen LogP contribution in [0.15, 0.2) is 41.0 Å². The normalized spacial score (nSPS) is 20.6. The van der Waals surface area contributed by atoms with Gasteiger partial charge in [-0.3, -0.25) is 19.3 Å². The lowest BCUT2D eigenvalue weighted by molar-refractivity contribution is -0.137. The van der Waals surface area contributed by atoms with Gasteiger partial charge in [-0.25, -0.2) is 4.90 Å². The summed E-state index contributed by atoms with van der Waals surface area (Å²) < 4.78 is 44.6. The molecule has 0 saturated carbocycles. The van der Waals surface area contributed by atoms with E-state index in [1.165, 1.54) is 12.3 Å². The Kier molecular flexibility index (Phi) is 5.52. The van der Waals surface area contributed by atoms with Gasteiger partial charge in [0.2, 0.25) is 5.91 Å². The Morgan fingerprint density at radius 2 is 1.81 bits per heavy atom. The van der Waals surface area contributed by atoms with Crippen molar-refractivity contribution < 1.29 is 32.0 Å². The monoisotopic (exact) mass is 455 g/mol. The first-order valence-electron chi connectivity index (χ1n) is 9.47. The standard InChI is InChI=1S/C20H17ClF3N3O4/c21-14-4-3-12(10-13(14)20(22,23)24)27-17(28)11-15(18(27)29)25-5-7-26(8-6-25)19(30)16-2-1-9-31-16/h1-4,9-10,15H,5-8,11H2/t15-/m0/s1. The van der Waals surface area contributed by atoms with Crippen LogP contribution >= 0.6 is 11.6 Å². The number of halogens is 4. The van der Waals surface area contributed by atoms with E-state index in [2.05, 4.69) is 0 Å². The number of alkyl halides is 3. The molecule has 4 rings (SSSR count). The molecule has 31 heavy (non-hydrogen) atoms. The van der Waals surface area contributed by atoms with E-state index >= 15 is 0 Å². The maximum absolute atomic E-state index is 13.2. The molecule has 2 aliphatic rings. The maximum atomic E-state index is 13.2. The lowest BCUT2D eigenvalue weighted by Gasteiger charge is -2.36. The van der Waals surface area contributed by atoms with Gasteiger partial charge in [-0.2, -0.15) is 13.2 Å². The van der Waals surface area contributed by atoms with Crippen LogP contribution in [-0.4, -0.2) is 59.7 Å². The van der Waals surface area contributed by atoms with Crippen LogP contribution in [0.3, 0.4) is 0 Å². The zero-order chi connectivity index (χ0) is 22.3. The molecule has 2 aromatic rings. The number of anilines is 1. The minimum absolute atomic E-state index is 0.144. The first kappa shape index (κ1) is 21.4. The number of rotatable bonds is 3. The van der Waals surface area contributed by atoms with Crippen molar-refractivity contribution in [3.63, 3.8) is 0 Å². The van der Waals surface area contributed by atoms with Crippen LogP contribution in [-0.2, 0) is 15.8 Å². The Morgan fingerprint density at radius 3 is 2.42 bits per heavy atom. The molecule has 0 spiro atoms. The second-order valence-corrected chi connectivity index (χ2v) is 7.66. The molecule has 2 fully saturated rings. The zero-order valence-corrected chi connectivity index (χ0v) is 16.8. The van der Waals surface area contributed by atoms with E-state index < -0.39 is 34.6 Å². The average molecular weight is 456 g/mol. The third-order valence-electron chi connectivity index (χ3n) is 5.41. The van der Waals surface area contributed by atoms with Gasteiger partial charge < -0.3 is 9.32 Å². The number of furan rings is 1. The van der Waals surface area contributed by atoms with Gasteiger partial charge in [0.25, 0.3) is 11.8 Å². The van der Waals surface area contributed by atoms with Crippen LogP contribution in [0.2, 0.25) is 5.02 Å². The minimum atomic E-state index is -4.71.